The van der Waals surface area contributed by atoms with Crippen LogP contribution in [0.4, 0.5) is 0 Å². The molecule has 0 bridgehead atoms. The number of primary amides is 1. The molecule has 3 N–H and O–H groups in total. The van der Waals surface area contributed by atoms with E-state index in [2.05, 4.69) is 0 Å². The zero-order chi connectivity index (χ0) is 10.6. The van der Waals surface area contributed by atoms with Gasteiger partial charge in [-0.15, -0.1) is 0 Å². The van der Waals surface area contributed by atoms with Crippen LogP contribution in [0.15, 0.2) is 0 Å². The van der Waals surface area contributed by atoms with Crippen molar-refractivity contribution in [3.8, 4) is 0 Å². The van der Waals surface area contributed by atoms with Crippen LogP contribution in [0.1, 0.15) is 20.3 Å². The minimum Gasteiger partial charge on any atom is -0.799 e. The molecule has 0 spiro atoms. The Morgan fingerprint density at radius 3 is 2.00 bits per heavy atom. The molecule has 0 aromatic rings. The standard InChI is InChI=1S/C6H15N2O4P.2K/c1-4(2)3-5(6(7)9)8-13(10,11)12;;/h4-5H,3H2,1-2H3,(H2,7,9)(H3,8,10,11,12);;/q;2*+1/p-2/t5-;;/m0../s1. The summed E-state index contributed by atoms with van der Waals surface area (Å²) in [5, 5.41) is 1.66. The summed E-state index contributed by atoms with van der Waals surface area (Å²) in [4.78, 5) is 31.2. The van der Waals surface area contributed by atoms with Gasteiger partial charge in [0.15, 0.2) is 0 Å². The molecule has 0 aliphatic carbocycles. The molecule has 0 unspecified atom stereocenters. The van der Waals surface area contributed by atoms with Gasteiger partial charge in [-0.3, -0.25) is 9.88 Å². The maximum Gasteiger partial charge on any atom is 1.00 e. The first-order valence-electron chi connectivity index (χ1n) is 3.81. The van der Waals surface area contributed by atoms with Gasteiger partial charge in [0.1, 0.15) is 0 Å². The van der Waals surface area contributed by atoms with Crippen LogP contribution in [0.25, 0.3) is 0 Å². The van der Waals surface area contributed by atoms with Crippen LogP contribution < -0.4 is 123 Å². The van der Waals surface area contributed by atoms with Crippen molar-refractivity contribution >= 4 is 13.7 Å². The second kappa shape index (κ2) is 10.7. The molecule has 1 amide bonds. The van der Waals surface area contributed by atoms with Crippen LogP contribution in [-0.4, -0.2) is 11.9 Å². The van der Waals surface area contributed by atoms with Gasteiger partial charge in [-0.2, -0.15) is 0 Å². The molecule has 15 heavy (non-hydrogen) atoms. The van der Waals surface area contributed by atoms with Gasteiger partial charge in [0.25, 0.3) is 0 Å². The normalized spacial score (nSPS) is 12.6. The Kier molecular flexibility index (Phi) is 16.5. The molecule has 0 saturated heterocycles. The van der Waals surface area contributed by atoms with Gasteiger partial charge in [0, 0.05) is 0 Å². The Balaban J connectivity index is -0.000000720. The Bertz CT molecular complexity index is 233. The summed E-state index contributed by atoms with van der Waals surface area (Å²) in [6.07, 6.45) is 0.226. The molecule has 0 rings (SSSR count). The van der Waals surface area contributed by atoms with Crippen LogP contribution >= 0.6 is 7.75 Å². The van der Waals surface area contributed by atoms with Crippen molar-refractivity contribution in [2.45, 2.75) is 26.3 Å². The Labute approximate surface area is 175 Å². The Hall–Kier alpha value is 2.85. The summed E-state index contributed by atoms with van der Waals surface area (Å²) < 4.78 is 10.3. The molecule has 0 heterocycles. The van der Waals surface area contributed by atoms with Crippen LogP contribution in [0.2, 0.25) is 0 Å². The third-order valence-electron chi connectivity index (χ3n) is 1.36. The van der Waals surface area contributed by atoms with Gasteiger partial charge >= 0.3 is 103 Å². The third-order valence-corrected chi connectivity index (χ3v) is 1.99. The fourth-order valence-corrected chi connectivity index (χ4v) is 1.51. The van der Waals surface area contributed by atoms with Crippen LogP contribution in [0.5, 0.6) is 0 Å². The summed E-state index contributed by atoms with van der Waals surface area (Å²) >= 11 is 0. The van der Waals surface area contributed by atoms with Crippen molar-refractivity contribution in [2.24, 2.45) is 11.7 Å². The fraction of sp³-hybridized carbons (Fsp3) is 0.833. The number of rotatable bonds is 5. The SMILES string of the molecule is CC(C)C[C@H](NP(=O)([O-])[O-])C(N)=O.[K+].[K+]. The number of amides is 1. The first-order chi connectivity index (χ1) is 5.72. The molecule has 0 aliphatic heterocycles. The molecule has 0 fully saturated rings. The van der Waals surface area contributed by atoms with E-state index in [1.165, 1.54) is 0 Å². The minimum atomic E-state index is -4.88. The number of carbonyl (C=O) groups is 1. The number of nitrogens with one attached hydrogen (secondary N) is 1. The topological polar surface area (TPSA) is 118 Å². The monoisotopic (exact) mass is 286 g/mol. The summed E-state index contributed by atoms with van der Waals surface area (Å²) in [5.74, 6) is -0.753. The Morgan fingerprint density at radius 2 is 1.80 bits per heavy atom. The van der Waals surface area contributed by atoms with Crippen LogP contribution in [0, 0.1) is 5.92 Å². The minimum absolute atomic E-state index is 0. The van der Waals surface area contributed by atoms with E-state index in [4.69, 9.17) is 5.73 Å². The quantitative estimate of drug-likeness (QED) is 0.384. The first-order valence-corrected chi connectivity index (χ1v) is 5.36. The third kappa shape index (κ3) is 14.8. The van der Waals surface area contributed by atoms with Crippen molar-refractivity contribution in [1.29, 1.82) is 0 Å². The van der Waals surface area contributed by atoms with Gasteiger partial charge in [0.2, 0.25) is 5.91 Å². The van der Waals surface area contributed by atoms with E-state index < -0.39 is 19.7 Å². The van der Waals surface area contributed by atoms with Crippen molar-refractivity contribution in [3.63, 3.8) is 0 Å². The number of nitrogens with two attached hydrogens (primary N) is 1. The zero-order valence-electron chi connectivity index (χ0n) is 9.52. The van der Waals surface area contributed by atoms with Gasteiger partial charge in [0.05, 0.1) is 6.04 Å². The predicted octanol–water partition coefficient (Wildman–Crippen LogP) is -7.69. The van der Waals surface area contributed by atoms with E-state index in [0.717, 1.165) is 0 Å². The maximum absolute atomic E-state index is 10.7. The van der Waals surface area contributed by atoms with E-state index in [0.29, 0.717) is 0 Å². The molecular formula is C6H13K2N2O4P. The zero-order valence-corrected chi connectivity index (χ0v) is 16.7. The van der Waals surface area contributed by atoms with E-state index in [-0.39, 0.29) is 115 Å². The summed E-state index contributed by atoms with van der Waals surface area (Å²) in [6.45, 7) is 3.58. The van der Waals surface area contributed by atoms with Gasteiger partial charge in [-0.1, -0.05) is 13.8 Å². The molecule has 0 saturated carbocycles. The second-order valence-electron chi connectivity index (χ2n) is 3.21. The molecule has 9 heteroatoms. The van der Waals surface area contributed by atoms with Gasteiger partial charge in [-0.05, 0) is 20.1 Å². The van der Waals surface area contributed by atoms with Crippen LogP contribution in [0.3, 0.4) is 0 Å². The van der Waals surface area contributed by atoms with E-state index in [1.54, 1.807) is 18.9 Å². The van der Waals surface area contributed by atoms with E-state index >= 15 is 0 Å². The van der Waals surface area contributed by atoms with Gasteiger partial charge in [-0.25, -0.2) is 0 Å². The summed E-state index contributed by atoms with van der Waals surface area (Å²) in [7, 11) is -4.88. The molecule has 78 valence electrons. The molecular weight excluding hydrogens is 273 g/mol. The molecule has 0 aromatic heterocycles. The van der Waals surface area contributed by atoms with E-state index in [1.807, 2.05) is 0 Å². The largest absolute Gasteiger partial charge is 1.00 e. The number of hydrogen-bond donors (Lipinski definition) is 2. The predicted molar refractivity (Wildman–Crippen MR) is 43.2 cm³/mol. The number of hydrogen-bond acceptors (Lipinski definition) is 4. The molecule has 0 aliphatic rings. The smallest absolute Gasteiger partial charge is 0.799 e. The number of carbonyl (C=O) groups excluding carboxylic acids is 1. The van der Waals surface area contributed by atoms with Crippen molar-refractivity contribution in [3.05, 3.63) is 0 Å². The Morgan fingerprint density at radius 1 is 1.40 bits per heavy atom. The van der Waals surface area contributed by atoms with E-state index in [9.17, 15) is 19.1 Å². The van der Waals surface area contributed by atoms with Crippen LogP contribution in [-0.2, 0) is 9.36 Å². The van der Waals surface area contributed by atoms with Crippen molar-refractivity contribution < 1.29 is 122 Å². The summed E-state index contributed by atoms with van der Waals surface area (Å²) in [6, 6.07) is -1.10. The second-order valence-corrected chi connectivity index (χ2v) is 4.46. The first kappa shape index (κ1) is 23.0. The van der Waals surface area contributed by atoms with Gasteiger partial charge < -0.3 is 20.1 Å². The average Bonchev–Trinajstić information content (AvgIpc) is 1.81. The fourth-order valence-electron chi connectivity index (χ4n) is 0.895. The average molecular weight is 286 g/mol. The summed E-state index contributed by atoms with van der Waals surface area (Å²) in [5.41, 5.74) is 4.89. The maximum atomic E-state index is 10.7. The van der Waals surface area contributed by atoms with Crippen molar-refractivity contribution in [2.75, 3.05) is 0 Å². The molecule has 6 nitrogen and oxygen atoms in total. The molecule has 1 atom stereocenters. The molecule has 0 radical (unpaired) electrons. The van der Waals surface area contributed by atoms with Crippen molar-refractivity contribution in [1.82, 2.24) is 5.09 Å². The molecule has 0 aromatic carbocycles.